The maximum absolute atomic E-state index is 13.6. The normalized spacial score (nSPS) is 15.9. The molecule has 0 saturated heterocycles. The van der Waals surface area contributed by atoms with Crippen LogP contribution in [0.1, 0.15) is 25.3 Å². The SMILES string of the molecule is CCOc1ccc(CNC(=O)C2(CO)CC2)cc1F. The number of halogens is 1. The lowest BCUT2D eigenvalue weighted by Gasteiger charge is -2.12. The number of nitrogens with one attached hydrogen (secondary N) is 1. The molecule has 1 aliphatic carbocycles. The zero-order valence-corrected chi connectivity index (χ0v) is 10.9. The second kappa shape index (κ2) is 5.57. The summed E-state index contributed by atoms with van der Waals surface area (Å²) in [5.74, 6) is -0.382. The van der Waals surface area contributed by atoms with Gasteiger partial charge in [-0.25, -0.2) is 4.39 Å². The molecule has 1 aromatic rings. The smallest absolute Gasteiger partial charge is 0.228 e. The fourth-order valence-corrected chi connectivity index (χ4v) is 1.90. The lowest BCUT2D eigenvalue weighted by Crippen LogP contribution is -2.33. The van der Waals surface area contributed by atoms with Gasteiger partial charge in [-0.2, -0.15) is 0 Å². The third-order valence-corrected chi connectivity index (χ3v) is 3.39. The highest BCUT2D eigenvalue weighted by atomic mass is 19.1. The largest absolute Gasteiger partial charge is 0.491 e. The summed E-state index contributed by atoms with van der Waals surface area (Å²) >= 11 is 0. The molecule has 4 nitrogen and oxygen atoms in total. The molecule has 104 valence electrons. The molecular weight excluding hydrogens is 249 g/mol. The molecule has 0 spiro atoms. The molecular formula is C14H18FNO3. The molecule has 5 heteroatoms. The summed E-state index contributed by atoms with van der Waals surface area (Å²) in [7, 11) is 0. The maximum atomic E-state index is 13.6. The van der Waals surface area contributed by atoms with E-state index >= 15 is 0 Å². The zero-order valence-electron chi connectivity index (χ0n) is 10.9. The number of amides is 1. The highest BCUT2D eigenvalue weighted by molar-refractivity contribution is 5.85. The molecule has 1 aliphatic rings. The van der Waals surface area contributed by atoms with E-state index in [4.69, 9.17) is 9.84 Å². The van der Waals surface area contributed by atoms with Crippen molar-refractivity contribution in [1.29, 1.82) is 0 Å². The minimum atomic E-state index is -0.593. The first-order chi connectivity index (χ1) is 9.11. The van der Waals surface area contributed by atoms with E-state index in [-0.39, 0.29) is 24.8 Å². The minimum absolute atomic E-state index is 0.128. The quantitative estimate of drug-likeness (QED) is 0.823. The molecule has 0 aliphatic heterocycles. The molecule has 2 N–H and O–H groups in total. The minimum Gasteiger partial charge on any atom is -0.491 e. The van der Waals surface area contributed by atoms with Crippen molar-refractivity contribution < 1.29 is 19.0 Å². The van der Waals surface area contributed by atoms with E-state index in [1.165, 1.54) is 6.07 Å². The van der Waals surface area contributed by atoms with Gasteiger partial charge < -0.3 is 15.2 Å². The Morgan fingerprint density at radius 3 is 2.79 bits per heavy atom. The van der Waals surface area contributed by atoms with E-state index in [0.29, 0.717) is 25.0 Å². The van der Waals surface area contributed by atoms with Gasteiger partial charge in [-0.15, -0.1) is 0 Å². The summed E-state index contributed by atoms with van der Waals surface area (Å²) in [6, 6.07) is 4.62. The summed E-state index contributed by atoms with van der Waals surface area (Å²) in [6.07, 6.45) is 1.43. The first-order valence-corrected chi connectivity index (χ1v) is 6.42. The van der Waals surface area contributed by atoms with Gasteiger partial charge in [0.1, 0.15) is 0 Å². The first kappa shape index (κ1) is 13.8. The molecule has 0 unspecified atom stereocenters. The predicted molar refractivity (Wildman–Crippen MR) is 68.2 cm³/mol. The van der Waals surface area contributed by atoms with Crippen molar-refractivity contribution in [1.82, 2.24) is 5.32 Å². The molecule has 19 heavy (non-hydrogen) atoms. The Balaban J connectivity index is 1.93. The van der Waals surface area contributed by atoms with E-state index in [1.807, 2.05) is 0 Å². The molecule has 0 heterocycles. The molecule has 0 bridgehead atoms. The standard InChI is InChI=1S/C14H18FNO3/c1-2-19-12-4-3-10(7-11(12)15)8-16-13(18)14(9-17)5-6-14/h3-4,7,17H,2,5-6,8-9H2,1H3,(H,16,18). The van der Waals surface area contributed by atoms with Crippen LogP contribution in [0, 0.1) is 11.2 Å². The van der Waals surface area contributed by atoms with Gasteiger partial charge in [0.15, 0.2) is 11.6 Å². The van der Waals surface area contributed by atoms with E-state index in [2.05, 4.69) is 5.32 Å². The molecule has 1 amide bonds. The molecule has 0 aromatic heterocycles. The van der Waals surface area contributed by atoms with Crippen LogP contribution in [0.3, 0.4) is 0 Å². The maximum Gasteiger partial charge on any atom is 0.228 e. The molecule has 1 saturated carbocycles. The predicted octanol–water partition coefficient (Wildman–Crippen LogP) is 1.61. The molecule has 0 atom stereocenters. The van der Waals surface area contributed by atoms with Gasteiger partial charge >= 0.3 is 0 Å². The molecule has 1 aromatic carbocycles. The summed E-state index contributed by atoms with van der Waals surface area (Å²) in [4.78, 5) is 11.8. The van der Waals surface area contributed by atoms with Crippen molar-refractivity contribution in [2.24, 2.45) is 5.41 Å². The van der Waals surface area contributed by atoms with Gasteiger partial charge in [-0.3, -0.25) is 4.79 Å². The van der Waals surface area contributed by atoms with Crippen LogP contribution in [-0.4, -0.2) is 24.2 Å². The highest BCUT2D eigenvalue weighted by Crippen LogP contribution is 2.45. The summed E-state index contributed by atoms with van der Waals surface area (Å²) in [5.41, 5.74) is 0.0760. The number of carbonyl (C=O) groups is 1. The van der Waals surface area contributed by atoms with Crippen molar-refractivity contribution in [3.8, 4) is 5.75 Å². The van der Waals surface area contributed by atoms with Crippen molar-refractivity contribution in [3.05, 3.63) is 29.6 Å². The van der Waals surface area contributed by atoms with Crippen molar-refractivity contribution in [2.45, 2.75) is 26.3 Å². The van der Waals surface area contributed by atoms with E-state index < -0.39 is 11.2 Å². The Kier molecular flexibility index (Phi) is 4.04. The second-order valence-corrected chi connectivity index (χ2v) is 4.82. The van der Waals surface area contributed by atoms with Crippen LogP contribution in [0.2, 0.25) is 0 Å². The van der Waals surface area contributed by atoms with E-state index in [9.17, 15) is 9.18 Å². The number of hydrogen-bond donors (Lipinski definition) is 2. The van der Waals surface area contributed by atoms with Crippen LogP contribution in [0.25, 0.3) is 0 Å². The first-order valence-electron chi connectivity index (χ1n) is 6.42. The Morgan fingerprint density at radius 2 is 2.26 bits per heavy atom. The van der Waals surface area contributed by atoms with E-state index in [1.54, 1.807) is 19.1 Å². The number of carbonyl (C=O) groups excluding carboxylic acids is 1. The van der Waals surface area contributed by atoms with Crippen LogP contribution in [0.5, 0.6) is 5.75 Å². The van der Waals surface area contributed by atoms with Crippen LogP contribution < -0.4 is 10.1 Å². The molecule has 1 fully saturated rings. The fraction of sp³-hybridized carbons (Fsp3) is 0.500. The van der Waals surface area contributed by atoms with Crippen molar-refractivity contribution in [3.63, 3.8) is 0 Å². The number of benzene rings is 1. The number of ether oxygens (including phenoxy) is 1. The topological polar surface area (TPSA) is 58.6 Å². The third-order valence-electron chi connectivity index (χ3n) is 3.39. The van der Waals surface area contributed by atoms with E-state index in [0.717, 1.165) is 0 Å². The van der Waals surface area contributed by atoms with Crippen LogP contribution in [0.15, 0.2) is 18.2 Å². The summed E-state index contributed by atoms with van der Waals surface area (Å²) in [5, 5.41) is 11.9. The third kappa shape index (κ3) is 3.04. The summed E-state index contributed by atoms with van der Waals surface area (Å²) < 4.78 is 18.7. The lowest BCUT2D eigenvalue weighted by molar-refractivity contribution is -0.127. The van der Waals surface area contributed by atoms with Crippen LogP contribution in [0.4, 0.5) is 4.39 Å². The van der Waals surface area contributed by atoms with Crippen LogP contribution in [-0.2, 0) is 11.3 Å². The lowest BCUT2D eigenvalue weighted by atomic mass is 10.1. The average molecular weight is 267 g/mol. The van der Waals surface area contributed by atoms with Gasteiger partial charge in [0, 0.05) is 6.54 Å². The van der Waals surface area contributed by atoms with Gasteiger partial charge in [-0.05, 0) is 37.5 Å². The van der Waals surface area contributed by atoms with Gasteiger partial charge in [-0.1, -0.05) is 6.07 Å². The monoisotopic (exact) mass is 267 g/mol. The average Bonchev–Trinajstić information content (AvgIpc) is 3.20. The van der Waals surface area contributed by atoms with Gasteiger partial charge in [0.25, 0.3) is 0 Å². The molecule has 0 radical (unpaired) electrons. The highest BCUT2D eigenvalue weighted by Gasteiger charge is 2.49. The van der Waals surface area contributed by atoms with Crippen LogP contribution >= 0.6 is 0 Å². The number of aliphatic hydroxyl groups is 1. The summed E-state index contributed by atoms with van der Waals surface area (Å²) in [6.45, 7) is 2.32. The Labute approximate surface area is 111 Å². The van der Waals surface area contributed by atoms with Crippen molar-refractivity contribution >= 4 is 5.91 Å². The van der Waals surface area contributed by atoms with Gasteiger partial charge in [0.05, 0.1) is 18.6 Å². The second-order valence-electron chi connectivity index (χ2n) is 4.82. The van der Waals surface area contributed by atoms with Crippen molar-refractivity contribution in [2.75, 3.05) is 13.2 Å². The number of aliphatic hydroxyl groups excluding tert-OH is 1. The number of hydrogen-bond acceptors (Lipinski definition) is 3. The Hall–Kier alpha value is -1.62. The number of rotatable bonds is 6. The zero-order chi connectivity index (χ0) is 13.9. The van der Waals surface area contributed by atoms with Gasteiger partial charge in [0.2, 0.25) is 5.91 Å². The molecule has 2 rings (SSSR count). The fourth-order valence-electron chi connectivity index (χ4n) is 1.90. The Morgan fingerprint density at radius 1 is 1.53 bits per heavy atom. The Bertz CT molecular complexity index is 472.